The lowest BCUT2D eigenvalue weighted by molar-refractivity contribution is 0.300. The number of aromatic nitrogens is 4. The molecule has 0 bridgehead atoms. The standard InChI is InChI=1S/C24H19ClN4O.C23H18ClN5O/c1-15-5-7-21-19(10-15)24(17(12-26)13-28-21)29-22-8-6-18(11-20(22)25)30-14-23-16(2)4-3-9-27-23;1-14-3-2-8-27-22(14)13-30-17-5-7-21(19(24)10-17)29-23-15(11-25)12-28-20-6-4-16(26)9-18(20)23/h3-11,13H,14H2,1-2H3,(H,28,29);2-10,12H,13,26H2,1H3,(H,28,29). The van der Waals surface area contributed by atoms with Gasteiger partial charge in [0.25, 0.3) is 0 Å². The Morgan fingerprint density at radius 2 is 1.08 bits per heavy atom. The van der Waals surface area contributed by atoms with Crippen LogP contribution < -0.4 is 25.8 Å². The number of benzene rings is 4. The number of pyridine rings is 4. The van der Waals surface area contributed by atoms with Crippen LogP contribution in [-0.2, 0) is 13.2 Å². The molecular formula is C47H37Cl2N9O2. The Morgan fingerprint density at radius 3 is 1.55 bits per heavy atom. The molecule has 4 N–H and O–H groups in total. The number of nitrogens with one attached hydrogen (secondary N) is 2. The number of fused-ring (bicyclic) bond motifs is 2. The predicted octanol–water partition coefficient (Wildman–Crippen LogP) is 11.5. The largest absolute Gasteiger partial charge is 0.487 e. The van der Waals surface area contributed by atoms with Crippen molar-refractivity contribution in [3.8, 4) is 23.6 Å². The number of nitrogens with two attached hydrogens (primary N) is 1. The van der Waals surface area contributed by atoms with Gasteiger partial charge in [-0.05, 0) is 98.6 Å². The predicted molar refractivity (Wildman–Crippen MR) is 238 cm³/mol. The minimum atomic E-state index is 0.350. The summed E-state index contributed by atoms with van der Waals surface area (Å²) in [6.45, 7) is 6.71. The van der Waals surface area contributed by atoms with E-state index in [1.54, 1.807) is 42.9 Å². The van der Waals surface area contributed by atoms with Crippen LogP contribution in [0.25, 0.3) is 21.8 Å². The van der Waals surface area contributed by atoms with E-state index in [0.29, 0.717) is 74.3 Å². The van der Waals surface area contributed by atoms with Crippen LogP contribution in [0.5, 0.6) is 11.5 Å². The second-order valence-corrected chi connectivity index (χ2v) is 14.6. The number of anilines is 5. The first-order valence-electron chi connectivity index (χ1n) is 18.7. The summed E-state index contributed by atoms with van der Waals surface area (Å²) >= 11 is 13.0. The molecule has 4 aromatic carbocycles. The van der Waals surface area contributed by atoms with Gasteiger partial charge in [-0.1, -0.05) is 47.0 Å². The molecule has 0 aliphatic heterocycles. The number of hydrogen-bond acceptors (Lipinski definition) is 11. The smallest absolute Gasteiger partial charge is 0.130 e. The number of hydrogen-bond donors (Lipinski definition) is 3. The average molecular weight is 831 g/mol. The third-order valence-electron chi connectivity index (χ3n) is 9.54. The zero-order valence-corrected chi connectivity index (χ0v) is 34.3. The molecule has 0 saturated carbocycles. The molecule has 0 spiro atoms. The summed E-state index contributed by atoms with van der Waals surface area (Å²) in [5.41, 5.74) is 16.5. The fourth-order valence-electron chi connectivity index (χ4n) is 6.24. The van der Waals surface area contributed by atoms with Crippen molar-refractivity contribution in [2.45, 2.75) is 34.0 Å². The van der Waals surface area contributed by atoms with Gasteiger partial charge in [-0.3, -0.25) is 19.9 Å². The molecule has 296 valence electrons. The van der Waals surface area contributed by atoms with E-state index in [1.807, 2.05) is 93.6 Å². The van der Waals surface area contributed by atoms with E-state index in [9.17, 15) is 10.5 Å². The molecule has 0 aliphatic carbocycles. The lowest BCUT2D eigenvalue weighted by Crippen LogP contribution is -2.01. The summed E-state index contributed by atoms with van der Waals surface area (Å²) in [5, 5.41) is 28.2. The minimum Gasteiger partial charge on any atom is -0.487 e. The Balaban J connectivity index is 0.000000181. The molecule has 60 heavy (non-hydrogen) atoms. The van der Waals surface area contributed by atoms with Crippen LogP contribution in [0.1, 0.15) is 39.2 Å². The van der Waals surface area contributed by atoms with Crippen LogP contribution in [0.4, 0.5) is 28.4 Å². The Labute approximate surface area is 357 Å². The molecule has 4 heterocycles. The Hall–Kier alpha value is -7.44. The average Bonchev–Trinajstić information content (AvgIpc) is 3.25. The monoisotopic (exact) mass is 829 g/mol. The number of aryl methyl sites for hydroxylation is 3. The summed E-state index contributed by atoms with van der Waals surface area (Å²) in [6, 6.07) is 34.2. The number of ether oxygens (including phenoxy) is 2. The third kappa shape index (κ3) is 9.46. The zero-order chi connectivity index (χ0) is 42.2. The Morgan fingerprint density at radius 1 is 0.600 bits per heavy atom. The van der Waals surface area contributed by atoms with Gasteiger partial charge in [-0.2, -0.15) is 10.5 Å². The van der Waals surface area contributed by atoms with Crippen LogP contribution in [-0.4, -0.2) is 19.9 Å². The van der Waals surface area contributed by atoms with Gasteiger partial charge in [0.1, 0.15) is 36.9 Å². The summed E-state index contributed by atoms with van der Waals surface area (Å²) in [5.74, 6) is 1.27. The van der Waals surface area contributed by atoms with E-state index >= 15 is 0 Å². The Kier molecular flexibility index (Phi) is 12.5. The zero-order valence-electron chi connectivity index (χ0n) is 32.8. The Bertz CT molecular complexity index is 2760. The van der Waals surface area contributed by atoms with Crippen LogP contribution in [0, 0.1) is 43.4 Å². The number of rotatable bonds is 10. The maximum Gasteiger partial charge on any atom is 0.130 e. The van der Waals surface area contributed by atoms with Crippen molar-refractivity contribution < 1.29 is 9.47 Å². The van der Waals surface area contributed by atoms with Crippen molar-refractivity contribution in [3.63, 3.8) is 0 Å². The van der Waals surface area contributed by atoms with Gasteiger partial charge in [-0.15, -0.1) is 0 Å². The number of halogens is 2. The lowest BCUT2D eigenvalue weighted by Gasteiger charge is -2.14. The summed E-state index contributed by atoms with van der Waals surface area (Å²) in [7, 11) is 0. The second kappa shape index (κ2) is 18.4. The quantitative estimate of drug-likeness (QED) is 0.112. The van der Waals surface area contributed by atoms with Crippen LogP contribution in [0.2, 0.25) is 10.0 Å². The van der Waals surface area contributed by atoms with Gasteiger partial charge in [-0.25, -0.2) is 0 Å². The molecule has 0 saturated heterocycles. The molecule has 4 aromatic heterocycles. The van der Waals surface area contributed by atoms with Crippen LogP contribution >= 0.6 is 23.2 Å². The highest BCUT2D eigenvalue weighted by atomic mass is 35.5. The van der Waals surface area contributed by atoms with Gasteiger partial charge in [0.2, 0.25) is 0 Å². The van der Waals surface area contributed by atoms with Crippen molar-refractivity contribution >= 4 is 73.4 Å². The second-order valence-electron chi connectivity index (χ2n) is 13.8. The maximum atomic E-state index is 9.55. The highest BCUT2D eigenvalue weighted by molar-refractivity contribution is 6.34. The first kappa shape index (κ1) is 40.7. The van der Waals surface area contributed by atoms with E-state index in [0.717, 1.165) is 49.9 Å². The number of nitriles is 2. The maximum absolute atomic E-state index is 9.55. The molecular weight excluding hydrogens is 793 g/mol. The molecule has 0 aliphatic rings. The van der Waals surface area contributed by atoms with Crippen LogP contribution in [0.3, 0.4) is 0 Å². The van der Waals surface area contributed by atoms with E-state index < -0.39 is 0 Å². The molecule has 8 rings (SSSR count). The molecule has 0 fully saturated rings. The molecule has 13 heteroatoms. The van der Waals surface area contributed by atoms with E-state index in [4.69, 9.17) is 38.4 Å². The normalized spacial score (nSPS) is 10.6. The van der Waals surface area contributed by atoms with Crippen molar-refractivity contribution in [3.05, 3.63) is 171 Å². The van der Waals surface area contributed by atoms with E-state index in [1.165, 1.54) is 6.20 Å². The molecule has 0 amide bonds. The van der Waals surface area contributed by atoms with Crippen molar-refractivity contribution in [2.24, 2.45) is 0 Å². The minimum absolute atomic E-state index is 0.350. The highest BCUT2D eigenvalue weighted by Gasteiger charge is 2.14. The number of nitrogen functional groups attached to an aromatic ring is 1. The van der Waals surface area contributed by atoms with Crippen molar-refractivity contribution in [2.75, 3.05) is 16.4 Å². The van der Waals surface area contributed by atoms with Gasteiger partial charge in [0.05, 0.1) is 66.3 Å². The third-order valence-corrected chi connectivity index (χ3v) is 10.2. The molecule has 0 unspecified atom stereocenters. The topological polar surface area (TPSA) is 168 Å². The van der Waals surface area contributed by atoms with Gasteiger partial charge >= 0.3 is 0 Å². The van der Waals surface area contributed by atoms with Gasteiger partial charge in [0.15, 0.2) is 0 Å². The van der Waals surface area contributed by atoms with Gasteiger partial charge in [0, 0.05) is 53.4 Å². The first-order chi connectivity index (χ1) is 29.1. The van der Waals surface area contributed by atoms with Gasteiger partial charge < -0.3 is 25.8 Å². The molecule has 11 nitrogen and oxygen atoms in total. The summed E-state index contributed by atoms with van der Waals surface area (Å²) in [6.07, 6.45) is 6.59. The van der Waals surface area contributed by atoms with Crippen molar-refractivity contribution in [1.29, 1.82) is 10.5 Å². The highest BCUT2D eigenvalue weighted by Crippen LogP contribution is 2.36. The SMILES string of the molecule is Cc1ccc2ncc(C#N)c(Nc3ccc(OCc4ncccc4C)cc3Cl)c2c1.Cc1cccnc1COc1ccc(Nc2c(C#N)cnc3ccc(N)cc23)c(Cl)c1. The fraction of sp³-hybridized carbons (Fsp3) is 0.106. The fourth-order valence-corrected chi connectivity index (χ4v) is 6.68. The number of nitrogens with zero attached hydrogens (tertiary/aromatic N) is 6. The molecule has 0 atom stereocenters. The van der Waals surface area contributed by atoms with Crippen LogP contribution in [0.15, 0.2) is 122 Å². The molecule has 0 radical (unpaired) electrons. The van der Waals surface area contributed by atoms with Crippen molar-refractivity contribution in [1.82, 2.24) is 19.9 Å². The van der Waals surface area contributed by atoms with E-state index in [2.05, 4.69) is 42.7 Å². The summed E-state index contributed by atoms with van der Waals surface area (Å²) < 4.78 is 11.7. The first-order valence-corrected chi connectivity index (χ1v) is 19.4. The van der Waals surface area contributed by atoms with E-state index in [-0.39, 0.29) is 0 Å². The molecule has 8 aromatic rings. The summed E-state index contributed by atoms with van der Waals surface area (Å²) in [4.78, 5) is 17.4. The lowest BCUT2D eigenvalue weighted by atomic mass is 10.1.